The van der Waals surface area contributed by atoms with Crippen LogP contribution < -0.4 is 10.6 Å². The van der Waals surface area contributed by atoms with Crippen molar-refractivity contribution < 1.29 is 0 Å². The molecule has 0 saturated carbocycles. The van der Waals surface area contributed by atoms with Crippen molar-refractivity contribution in [2.45, 2.75) is 20.4 Å². The third-order valence-electron chi connectivity index (χ3n) is 3.36. The first kappa shape index (κ1) is 15.0. The standard InChI is InChI=1S/C18H19N5/c1-13-5-7-16(8-6-13)22-18-21-14(2)10-17(23-18)20-12-15-4-3-9-19-11-15/h3-11H,12H2,1-2H3,(H2,20,21,22,23). The molecule has 116 valence electrons. The molecular weight excluding hydrogens is 286 g/mol. The van der Waals surface area contributed by atoms with Crippen molar-refractivity contribution in [2.75, 3.05) is 10.6 Å². The summed E-state index contributed by atoms with van der Waals surface area (Å²) in [5.41, 5.74) is 4.21. The lowest BCUT2D eigenvalue weighted by atomic mass is 10.2. The second-order valence-electron chi connectivity index (χ2n) is 5.42. The maximum absolute atomic E-state index is 4.51. The molecule has 0 atom stereocenters. The summed E-state index contributed by atoms with van der Waals surface area (Å²) in [7, 11) is 0. The Morgan fingerprint density at radius 3 is 2.57 bits per heavy atom. The zero-order chi connectivity index (χ0) is 16.1. The average Bonchev–Trinajstić information content (AvgIpc) is 2.56. The molecule has 0 saturated heterocycles. The molecule has 3 rings (SSSR count). The minimum Gasteiger partial charge on any atom is -0.366 e. The van der Waals surface area contributed by atoms with Gasteiger partial charge in [-0.3, -0.25) is 4.98 Å². The highest BCUT2D eigenvalue weighted by molar-refractivity contribution is 5.55. The van der Waals surface area contributed by atoms with Crippen LogP contribution in [0.15, 0.2) is 54.9 Å². The fourth-order valence-electron chi connectivity index (χ4n) is 2.18. The molecule has 2 aromatic heterocycles. The van der Waals surface area contributed by atoms with Gasteiger partial charge >= 0.3 is 0 Å². The van der Waals surface area contributed by atoms with E-state index in [2.05, 4.69) is 44.6 Å². The first-order valence-electron chi connectivity index (χ1n) is 7.51. The highest BCUT2D eigenvalue weighted by Crippen LogP contribution is 2.16. The number of anilines is 3. The summed E-state index contributed by atoms with van der Waals surface area (Å²) in [6, 6.07) is 14.0. The normalized spacial score (nSPS) is 10.3. The molecule has 0 aliphatic heterocycles. The van der Waals surface area contributed by atoms with Crippen LogP contribution in [0.1, 0.15) is 16.8 Å². The van der Waals surface area contributed by atoms with Gasteiger partial charge in [0.25, 0.3) is 0 Å². The van der Waals surface area contributed by atoms with Gasteiger partial charge in [0.05, 0.1) is 0 Å². The van der Waals surface area contributed by atoms with Gasteiger partial charge in [0.15, 0.2) is 0 Å². The molecule has 3 aromatic rings. The summed E-state index contributed by atoms with van der Waals surface area (Å²) in [5.74, 6) is 1.37. The van der Waals surface area contributed by atoms with Crippen molar-refractivity contribution in [1.29, 1.82) is 0 Å². The van der Waals surface area contributed by atoms with Gasteiger partial charge in [-0.1, -0.05) is 23.8 Å². The molecular formula is C18H19N5. The van der Waals surface area contributed by atoms with E-state index in [1.807, 2.05) is 43.5 Å². The van der Waals surface area contributed by atoms with E-state index in [0.717, 1.165) is 22.8 Å². The summed E-state index contributed by atoms with van der Waals surface area (Å²) in [6.07, 6.45) is 3.61. The predicted octanol–water partition coefficient (Wildman–Crippen LogP) is 3.84. The lowest BCUT2D eigenvalue weighted by Gasteiger charge is -2.10. The van der Waals surface area contributed by atoms with E-state index in [1.165, 1.54) is 5.56 Å². The Labute approximate surface area is 135 Å². The Balaban J connectivity index is 1.72. The summed E-state index contributed by atoms with van der Waals surface area (Å²) in [4.78, 5) is 13.1. The fraction of sp³-hybridized carbons (Fsp3) is 0.167. The van der Waals surface area contributed by atoms with Crippen LogP contribution >= 0.6 is 0 Å². The minimum absolute atomic E-state index is 0.586. The molecule has 0 bridgehead atoms. The van der Waals surface area contributed by atoms with Crippen LogP contribution in [-0.2, 0) is 6.54 Å². The molecule has 0 unspecified atom stereocenters. The van der Waals surface area contributed by atoms with Crippen LogP contribution in [0.4, 0.5) is 17.5 Å². The van der Waals surface area contributed by atoms with E-state index in [1.54, 1.807) is 6.20 Å². The number of nitrogens with zero attached hydrogens (tertiary/aromatic N) is 3. The number of aromatic nitrogens is 3. The third kappa shape index (κ3) is 4.26. The molecule has 0 spiro atoms. The number of hydrogen-bond donors (Lipinski definition) is 2. The molecule has 0 aliphatic rings. The van der Waals surface area contributed by atoms with Crippen LogP contribution in [0.5, 0.6) is 0 Å². The van der Waals surface area contributed by atoms with Crippen LogP contribution in [-0.4, -0.2) is 15.0 Å². The highest BCUT2D eigenvalue weighted by Gasteiger charge is 2.03. The van der Waals surface area contributed by atoms with Crippen molar-refractivity contribution in [3.05, 3.63) is 71.7 Å². The van der Waals surface area contributed by atoms with Gasteiger partial charge in [0, 0.05) is 36.4 Å². The summed E-state index contributed by atoms with van der Waals surface area (Å²) in [5, 5.41) is 6.54. The van der Waals surface area contributed by atoms with E-state index in [4.69, 9.17) is 0 Å². The van der Waals surface area contributed by atoms with E-state index in [-0.39, 0.29) is 0 Å². The van der Waals surface area contributed by atoms with Crippen LogP contribution in [0.3, 0.4) is 0 Å². The monoisotopic (exact) mass is 305 g/mol. The fourth-order valence-corrected chi connectivity index (χ4v) is 2.18. The van der Waals surface area contributed by atoms with Crippen molar-refractivity contribution >= 4 is 17.5 Å². The van der Waals surface area contributed by atoms with E-state index < -0.39 is 0 Å². The van der Waals surface area contributed by atoms with Crippen molar-refractivity contribution in [1.82, 2.24) is 15.0 Å². The summed E-state index contributed by atoms with van der Waals surface area (Å²) >= 11 is 0. The van der Waals surface area contributed by atoms with Crippen LogP contribution in [0, 0.1) is 13.8 Å². The lowest BCUT2D eigenvalue weighted by molar-refractivity contribution is 1.05. The molecule has 0 aliphatic carbocycles. The molecule has 5 heteroatoms. The Morgan fingerprint density at radius 1 is 1.00 bits per heavy atom. The Hall–Kier alpha value is -2.95. The zero-order valence-electron chi connectivity index (χ0n) is 13.2. The Morgan fingerprint density at radius 2 is 1.83 bits per heavy atom. The summed E-state index contributed by atoms with van der Waals surface area (Å²) in [6.45, 7) is 4.69. The Bertz CT molecular complexity index is 769. The van der Waals surface area contributed by atoms with Crippen molar-refractivity contribution in [3.8, 4) is 0 Å². The molecule has 23 heavy (non-hydrogen) atoms. The maximum atomic E-state index is 4.51. The first-order chi connectivity index (χ1) is 11.2. The lowest BCUT2D eigenvalue weighted by Crippen LogP contribution is -2.05. The quantitative estimate of drug-likeness (QED) is 0.750. The van der Waals surface area contributed by atoms with E-state index in [9.17, 15) is 0 Å². The third-order valence-corrected chi connectivity index (χ3v) is 3.36. The smallest absolute Gasteiger partial charge is 0.229 e. The topological polar surface area (TPSA) is 62.7 Å². The van der Waals surface area contributed by atoms with Gasteiger partial charge in [-0.15, -0.1) is 0 Å². The molecule has 0 fully saturated rings. The summed E-state index contributed by atoms with van der Waals surface area (Å²) < 4.78 is 0. The average molecular weight is 305 g/mol. The second-order valence-corrected chi connectivity index (χ2v) is 5.42. The number of aryl methyl sites for hydroxylation is 2. The number of hydrogen-bond acceptors (Lipinski definition) is 5. The number of nitrogens with one attached hydrogen (secondary N) is 2. The highest BCUT2D eigenvalue weighted by atomic mass is 15.1. The second kappa shape index (κ2) is 6.87. The predicted molar refractivity (Wildman–Crippen MR) is 92.8 cm³/mol. The van der Waals surface area contributed by atoms with Gasteiger partial charge < -0.3 is 10.6 Å². The number of benzene rings is 1. The van der Waals surface area contributed by atoms with Crippen LogP contribution in [0.2, 0.25) is 0 Å². The first-order valence-corrected chi connectivity index (χ1v) is 7.51. The molecule has 1 aromatic carbocycles. The zero-order valence-corrected chi connectivity index (χ0v) is 13.2. The van der Waals surface area contributed by atoms with E-state index >= 15 is 0 Å². The molecule has 2 heterocycles. The van der Waals surface area contributed by atoms with E-state index in [0.29, 0.717) is 12.5 Å². The van der Waals surface area contributed by atoms with Crippen LogP contribution in [0.25, 0.3) is 0 Å². The number of pyridine rings is 1. The minimum atomic E-state index is 0.586. The van der Waals surface area contributed by atoms with Gasteiger partial charge in [-0.2, -0.15) is 4.98 Å². The van der Waals surface area contributed by atoms with Gasteiger partial charge in [0.2, 0.25) is 5.95 Å². The van der Waals surface area contributed by atoms with Crippen molar-refractivity contribution in [2.24, 2.45) is 0 Å². The maximum Gasteiger partial charge on any atom is 0.229 e. The molecule has 5 nitrogen and oxygen atoms in total. The largest absolute Gasteiger partial charge is 0.366 e. The van der Waals surface area contributed by atoms with Gasteiger partial charge in [-0.05, 0) is 37.6 Å². The SMILES string of the molecule is Cc1ccc(Nc2nc(C)cc(NCc3cccnc3)n2)cc1. The van der Waals surface area contributed by atoms with Gasteiger partial charge in [-0.25, -0.2) is 4.98 Å². The molecule has 0 amide bonds. The Kier molecular flexibility index (Phi) is 4.47. The molecule has 0 radical (unpaired) electrons. The molecule has 2 N–H and O–H groups in total. The van der Waals surface area contributed by atoms with Gasteiger partial charge in [0.1, 0.15) is 5.82 Å². The number of rotatable bonds is 5. The van der Waals surface area contributed by atoms with Crippen molar-refractivity contribution in [3.63, 3.8) is 0 Å².